The van der Waals surface area contributed by atoms with Crippen LogP contribution in [0.5, 0.6) is 0 Å². The lowest BCUT2D eigenvalue weighted by Gasteiger charge is -2.25. The van der Waals surface area contributed by atoms with Gasteiger partial charge < -0.3 is 15.5 Å². The summed E-state index contributed by atoms with van der Waals surface area (Å²) in [5, 5.41) is 5.34. The number of urea groups is 1. The fraction of sp³-hybridized carbons (Fsp3) is 0.158. The molecule has 3 amide bonds. The van der Waals surface area contributed by atoms with Crippen LogP contribution in [-0.4, -0.2) is 23.4 Å². The standard InChI is InChI=1S/C19H15F2N3O2/c20-13-6-4-11(5-7-13)9-24-10-15-16(18(24)25)17(23-19(26)22-15)12-2-1-3-14(21)8-12/h1-8,17H,9-10H2,(H2,22,23,26). The molecule has 132 valence electrons. The van der Waals surface area contributed by atoms with E-state index in [0.717, 1.165) is 5.56 Å². The molecule has 0 saturated heterocycles. The van der Waals surface area contributed by atoms with Crippen molar-refractivity contribution in [3.8, 4) is 0 Å². The first-order valence-corrected chi connectivity index (χ1v) is 8.11. The van der Waals surface area contributed by atoms with Crippen molar-refractivity contribution in [1.29, 1.82) is 0 Å². The van der Waals surface area contributed by atoms with Gasteiger partial charge in [-0.15, -0.1) is 0 Å². The van der Waals surface area contributed by atoms with Gasteiger partial charge in [-0.25, -0.2) is 13.6 Å². The second-order valence-electron chi connectivity index (χ2n) is 6.27. The third-order valence-electron chi connectivity index (χ3n) is 4.49. The minimum atomic E-state index is -0.708. The maximum Gasteiger partial charge on any atom is 0.319 e. The molecule has 2 N–H and O–H groups in total. The second-order valence-corrected chi connectivity index (χ2v) is 6.27. The Hall–Kier alpha value is -3.22. The molecule has 0 saturated carbocycles. The van der Waals surface area contributed by atoms with Crippen molar-refractivity contribution in [1.82, 2.24) is 15.5 Å². The van der Waals surface area contributed by atoms with Crippen LogP contribution in [0.25, 0.3) is 0 Å². The van der Waals surface area contributed by atoms with E-state index in [-0.39, 0.29) is 24.8 Å². The maximum atomic E-state index is 13.6. The molecule has 2 heterocycles. The van der Waals surface area contributed by atoms with E-state index in [1.165, 1.54) is 30.3 Å². The zero-order chi connectivity index (χ0) is 18.3. The molecule has 2 aliphatic heterocycles. The van der Waals surface area contributed by atoms with Crippen LogP contribution in [0.3, 0.4) is 0 Å². The Labute approximate surface area is 148 Å². The summed E-state index contributed by atoms with van der Waals surface area (Å²) in [4.78, 5) is 26.4. The topological polar surface area (TPSA) is 61.4 Å². The number of nitrogens with one attached hydrogen (secondary N) is 2. The number of nitrogens with zero attached hydrogens (tertiary/aromatic N) is 1. The van der Waals surface area contributed by atoms with Crippen molar-refractivity contribution in [2.75, 3.05) is 6.54 Å². The highest BCUT2D eigenvalue weighted by molar-refractivity contribution is 6.01. The lowest BCUT2D eigenvalue weighted by molar-refractivity contribution is -0.126. The number of hydrogen-bond acceptors (Lipinski definition) is 2. The number of rotatable bonds is 3. The Bertz CT molecular complexity index is 925. The summed E-state index contributed by atoms with van der Waals surface area (Å²) in [6, 6.07) is 10.6. The SMILES string of the molecule is O=C1NC2=C(C(=O)N(Cc3ccc(F)cc3)C2)C(c2cccc(F)c2)N1. The molecule has 4 rings (SSSR count). The van der Waals surface area contributed by atoms with Crippen LogP contribution in [0.15, 0.2) is 59.8 Å². The third kappa shape index (κ3) is 2.92. The molecule has 7 heteroatoms. The Kier molecular flexibility index (Phi) is 3.91. The van der Waals surface area contributed by atoms with E-state index in [4.69, 9.17) is 0 Å². The zero-order valence-electron chi connectivity index (χ0n) is 13.6. The van der Waals surface area contributed by atoms with Crippen molar-refractivity contribution in [3.63, 3.8) is 0 Å². The Morgan fingerprint density at radius 2 is 1.81 bits per heavy atom. The van der Waals surface area contributed by atoms with Gasteiger partial charge in [0.15, 0.2) is 0 Å². The van der Waals surface area contributed by atoms with Gasteiger partial charge in [0.1, 0.15) is 11.6 Å². The number of halogens is 2. The Morgan fingerprint density at radius 1 is 1.04 bits per heavy atom. The minimum Gasteiger partial charge on any atom is -0.329 e. The van der Waals surface area contributed by atoms with E-state index in [9.17, 15) is 18.4 Å². The van der Waals surface area contributed by atoms with Gasteiger partial charge in [-0.1, -0.05) is 24.3 Å². The molecule has 2 aromatic carbocycles. The Balaban J connectivity index is 1.62. The molecule has 1 atom stereocenters. The highest BCUT2D eigenvalue weighted by Gasteiger charge is 2.40. The van der Waals surface area contributed by atoms with E-state index < -0.39 is 17.9 Å². The van der Waals surface area contributed by atoms with E-state index >= 15 is 0 Å². The number of benzene rings is 2. The minimum absolute atomic E-state index is 0.241. The van der Waals surface area contributed by atoms with E-state index in [1.54, 1.807) is 23.1 Å². The molecule has 0 aromatic heterocycles. The highest BCUT2D eigenvalue weighted by Crippen LogP contribution is 2.33. The molecule has 2 aliphatic rings. The lowest BCUT2D eigenvalue weighted by atomic mass is 9.96. The molecular formula is C19H15F2N3O2. The van der Waals surface area contributed by atoms with Crippen molar-refractivity contribution >= 4 is 11.9 Å². The predicted octanol–water partition coefficient (Wildman–Crippen LogP) is 2.62. The van der Waals surface area contributed by atoms with Crippen LogP contribution in [0.1, 0.15) is 17.2 Å². The van der Waals surface area contributed by atoms with Crippen LogP contribution >= 0.6 is 0 Å². The summed E-state index contributed by atoms with van der Waals surface area (Å²) in [6.07, 6.45) is 0. The number of hydrogen-bond donors (Lipinski definition) is 2. The van der Waals surface area contributed by atoms with Gasteiger partial charge in [0, 0.05) is 6.54 Å². The summed E-state index contributed by atoms with van der Waals surface area (Å²) < 4.78 is 26.6. The van der Waals surface area contributed by atoms with Gasteiger partial charge in [-0.2, -0.15) is 0 Å². The first-order valence-electron chi connectivity index (χ1n) is 8.11. The van der Waals surface area contributed by atoms with Crippen molar-refractivity contribution in [2.24, 2.45) is 0 Å². The number of amides is 3. The molecule has 2 aromatic rings. The van der Waals surface area contributed by atoms with Crippen molar-refractivity contribution in [2.45, 2.75) is 12.6 Å². The smallest absolute Gasteiger partial charge is 0.319 e. The fourth-order valence-electron chi connectivity index (χ4n) is 3.30. The average Bonchev–Trinajstić information content (AvgIpc) is 2.92. The number of carbonyl (C=O) groups excluding carboxylic acids is 2. The molecule has 5 nitrogen and oxygen atoms in total. The van der Waals surface area contributed by atoms with Crippen molar-refractivity contribution < 1.29 is 18.4 Å². The van der Waals surface area contributed by atoms with Gasteiger partial charge in [-0.3, -0.25) is 4.79 Å². The van der Waals surface area contributed by atoms with Crippen molar-refractivity contribution in [3.05, 3.63) is 82.6 Å². The fourth-order valence-corrected chi connectivity index (χ4v) is 3.30. The summed E-state index contributed by atoms with van der Waals surface area (Å²) in [6.45, 7) is 0.530. The van der Waals surface area contributed by atoms with Gasteiger partial charge >= 0.3 is 6.03 Å². The normalized spacial score (nSPS) is 19.3. The van der Waals surface area contributed by atoms with Gasteiger partial charge in [-0.05, 0) is 35.4 Å². The highest BCUT2D eigenvalue weighted by atomic mass is 19.1. The van der Waals surface area contributed by atoms with Gasteiger partial charge in [0.2, 0.25) is 0 Å². The second kappa shape index (κ2) is 6.25. The molecule has 0 aliphatic carbocycles. The van der Waals surface area contributed by atoms with Crippen LogP contribution < -0.4 is 10.6 Å². The summed E-state index contributed by atoms with van der Waals surface area (Å²) in [7, 11) is 0. The third-order valence-corrected chi connectivity index (χ3v) is 4.49. The van der Waals surface area contributed by atoms with Crippen LogP contribution in [0, 0.1) is 11.6 Å². The first-order chi connectivity index (χ1) is 12.5. The molecule has 0 radical (unpaired) electrons. The summed E-state index contributed by atoms with van der Waals surface area (Å²) in [5.41, 5.74) is 2.19. The van der Waals surface area contributed by atoms with Crippen LogP contribution in [0.4, 0.5) is 13.6 Å². The first kappa shape index (κ1) is 16.3. The lowest BCUT2D eigenvalue weighted by Crippen LogP contribution is -2.44. The monoisotopic (exact) mass is 355 g/mol. The van der Waals surface area contributed by atoms with E-state index in [0.29, 0.717) is 16.8 Å². The predicted molar refractivity (Wildman–Crippen MR) is 89.7 cm³/mol. The Morgan fingerprint density at radius 3 is 2.54 bits per heavy atom. The zero-order valence-corrected chi connectivity index (χ0v) is 13.6. The molecule has 1 unspecified atom stereocenters. The van der Waals surface area contributed by atoms with Crippen LogP contribution in [-0.2, 0) is 11.3 Å². The molecule has 0 spiro atoms. The molecule has 0 bridgehead atoms. The van der Waals surface area contributed by atoms with E-state index in [1.807, 2.05) is 0 Å². The summed E-state index contributed by atoms with van der Waals surface area (Å²) >= 11 is 0. The summed E-state index contributed by atoms with van der Waals surface area (Å²) in [5.74, 6) is -1.03. The largest absolute Gasteiger partial charge is 0.329 e. The van der Waals surface area contributed by atoms with E-state index in [2.05, 4.69) is 10.6 Å². The molecule has 26 heavy (non-hydrogen) atoms. The van der Waals surface area contributed by atoms with Crippen LogP contribution in [0.2, 0.25) is 0 Å². The van der Waals surface area contributed by atoms with Gasteiger partial charge in [0.25, 0.3) is 5.91 Å². The molecule has 0 fully saturated rings. The number of carbonyl (C=O) groups is 2. The quantitative estimate of drug-likeness (QED) is 0.889. The molecular weight excluding hydrogens is 340 g/mol. The van der Waals surface area contributed by atoms with Gasteiger partial charge in [0.05, 0.1) is 23.9 Å². The average molecular weight is 355 g/mol. The maximum absolute atomic E-state index is 13.6.